The van der Waals surface area contributed by atoms with Crippen molar-refractivity contribution in [2.45, 2.75) is 20.4 Å². The average molecular weight is 262 g/mol. The van der Waals surface area contributed by atoms with Gasteiger partial charge >= 0.3 is 0 Å². The summed E-state index contributed by atoms with van der Waals surface area (Å²) >= 11 is 0. The molecule has 0 aliphatic carbocycles. The smallest absolute Gasteiger partial charge is 0.299 e. The summed E-state index contributed by atoms with van der Waals surface area (Å²) in [6.07, 6.45) is 0. The summed E-state index contributed by atoms with van der Waals surface area (Å²) in [5, 5.41) is 0. The van der Waals surface area contributed by atoms with Crippen molar-refractivity contribution in [3.05, 3.63) is 57.3 Å². The van der Waals surface area contributed by atoms with Crippen molar-refractivity contribution in [3.63, 3.8) is 0 Å². The zero-order valence-corrected chi connectivity index (χ0v) is 11.1. The van der Waals surface area contributed by atoms with Crippen LogP contribution in [0.3, 0.4) is 0 Å². The number of methoxy groups -OCH3 is 1. The SMILES string of the molecule is COc1nc(C)cc(=O)n1Cc1cc(F)ccc1C. The molecule has 0 atom stereocenters. The zero-order valence-electron chi connectivity index (χ0n) is 11.1. The van der Waals surface area contributed by atoms with Crippen LogP contribution in [0.2, 0.25) is 0 Å². The minimum Gasteiger partial charge on any atom is -0.468 e. The maximum atomic E-state index is 13.3. The van der Waals surface area contributed by atoms with Crippen LogP contribution in [-0.4, -0.2) is 16.7 Å². The molecule has 5 heteroatoms. The molecular weight excluding hydrogens is 247 g/mol. The van der Waals surface area contributed by atoms with Gasteiger partial charge in [0.25, 0.3) is 11.6 Å². The normalized spacial score (nSPS) is 10.5. The van der Waals surface area contributed by atoms with Crippen LogP contribution in [0.4, 0.5) is 4.39 Å². The molecule has 0 radical (unpaired) electrons. The molecule has 2 aromatic rings. The molecule has 1 aromatic heterocycles. The van der Waals surface area contributed by atoms with Gasteiger partial charge in [-0.05, 0) is 37.1 Å². The Morgan fingerprint density at radius 1 is 1.32 bits per heavy atom. The highest BCUT2D eigenvalue weighted by Gasteiger charge is 2.10. The summed E-state index contributed by atoms with van der Waals surface area (Å²) < 4.78 is 19.8. The van der Waals surface area contributed by atoms with E-state index in [0.717, 1.165) is 11.1 Å². The summed E-state index contributed by atoms with van der Waals surface area (Å²) in [7, 11) is 1.45. The Bertz CT molecular complexity index is 665. The Labute approximate surface area is 110 Å². The van der Waals surface area contributed by atoms with E-state index in [2.05, 4.69) is 4.98 Å². The van der Waals surface area contributed by atoms with Crippen molar-refractivity contribution in [1.29, 1.82) is 0 Å². The molecule has 2 rings (SSSR count). The molecule has 19 heavy (non-hydrogen) atoms. The fourth-order valence-corrected chi connectivity index (χ4v) is 1.88. The molecular formula is C14H15FN2O2. The van der Waals surface area contributed by atoms with Gasteiger partial charge in [-0.25, -0.2) is 9.37 Å². The Morgan fingerprint density at radius 3 is 2.74 bits per heavy atom. The minimum absolute atomic E-state index is 0.215. The molecule has 4 nitrogen and oxygen atoms in total. The highest BCUT2D eigenvalue weighted by molar-refractivity contribution is 5.27. The summed E-state index contributed by atoms with van der Waals surface area (Å²) in [6, 6.07) is 6.16. The predicted octanol–water partition coefficient (Wildman–Crippen LogP) is 2.06. The van der Waals surface area contributed by atoms with Gasteiger partial charge < -0.3 is 4.74 Å². The van der Waals surface area contributed by atoms with Gasteiger partial charge in [0.15, 0.2) is 0 Å². The molecule has 0 saturated carbocycles. The van der Waals surface area contributed by atoms with Crippen LogP contribution in [0.1, 0.15) is 16.8 Å². The van der Waals surface area contributed by atoms with E-state index in [1.165, 1.54) is 29.9 Å². The van der Waals surface area contributed by atoms with Gasteiger partial charge in [0.05, 0.1) is 13.7 Å². The topological polar surface area (TPSA) is 44.1 Å². The largest absolute Gasteiger partial charge is 0.468 e. The summed E-state index contributed by atoms with van der Waals surface area (Å²) in [4.78, 5) is 16.1. The maximum Gasteiger partial charge on any atom is 0.299 e. The number of aromatic nitrogens is 2. The lowest BCUT2D eigenvalue weighted by Gasteiger charge is -2.12. The fourth-order valence-electron chi connectivity index (χ4n) is 1.88. The number of nitrogens with zero attached hydrogens (tertiary/aromatic N) is 2. The Kier molecular flexibility index (Phi) is 3.64. The number of rotatable bonds is 3. The molecule has 0 amide bonds. The first-order chi connectivity index (χ1) is 9.01. The Balaban J connectivity index is 2.49. The highest BCUT2D eigenvalue weighted by atomic mass is 19.1. The second kappa shape index (κ2) is 5.22. The van der Waals surface area contributed by atoms with Gasteiger partial charge in [-0.15, -0.1) is 0 Å². The van der Waals surface area contributed by atoms with E-state index in [0.29, 0.717) is 5.69 Å². The molecule has 0 aliphatic heterocycles. The van der Waals surface area contributed by atoms with Crippen molar-refractivity contribution in [2.75, 3.05) is 7.11 Å². The van der Waals surface area contributed by atoms with Gasteiger partial charge in [-0.3, -0.25) is 9.36 Å². The molecule has 100 valence electrons. The number of benzene rings is 1. The van der Waals surface area contributed by atoms with Crippen LogP contribution in [0.5, 0.6) is 6.01 Å². The maximum absolute atomic E-state index is 13.3. The van der Waals surface area contributed by atoms with Crippen LogP contribution in [0.25, 0.3) is 0 Å². The van der Waals surface area contributed by atoms with E-state index in [9.17, 15) is 9.18 Å². The van der Waals surface area contributed by atoms with Gasteiger partial charge in [-0.1, -0.05) is 6.07 Å². The average Bonchev–Trinajstić information content (AvgIpc) is 2.36. The van der Waals surface area contributed by atoms with Crippen LogP contribution in [0, 0.1) is 19.7 Å². The molecule has 0 saturated heterocycles. The number of hydrogen-bond acceptors (Lipinski definition) is 3. The third kappa shape index (κ3) is 2.81. The molecule has 1 aromatic carbocycles. The number of aryl methyl sites for hydroxylation is 2. The lowest BCUT2D eigenvalue weighted by Crippen LogP contribution is -2.23. The van der Waals surface area contributed by atoms with E-state index < -0.39 is 0 Å². The monoisotopic (exact) mass is 262 g/mol. The summed E-state index contributed by atoms with van der Waals surface area (Å²) in [5.74, 6) is -0.326. The third-order valence-electron chi connectivity index (χ3n) is 2.92. The first-order valence-corrected chi connectivity index (χ1v) is 5.89. The molecule has 0 bridgehead atoms. The quantitative estimate of drug-likeness (QED) is 0.850. The van der Waals surface area contributed by atoms with Crippen molar-refractivity contribution in [1.82, 2.24) is 9.55 Å². The standard InChI is InChI=1S/C14H15FN2O2/c1-9-4-5-12(15)7-11(9)8-17-13(18)6-10(2)16-14(17)19-3/h4-7H,8H2,1-3H3. The summed E-state index contributed by atoms with van der Waals surface area (Å²) in [6.45, 7) is 3.83. The molecule has 0 N–H and O–H groups in total. The predicted molar refractivity (Wildman–Crippen MR) is 70.0 cm³/mol. The lowest BCUT2D eigenvalue weighted by atomic mass is 10.1. The minimum atomic E-state index is -0.326. The van der Waals surface area contributed by atoms with Crippen molar-refractivity contribution < 1.29 is 9.13 Å². The lowest BCUT2D eigenvalue weighted by molar-refractivity contribution is 0.349. The third-order valence-corrected chi connectivity index (χ3v) is 2.92. The van der Waals surface area contributed by atoms with E-state index in [-0.39, 0.29) is 23.9 Å². The number of hydrogen-bond donors (Lipinski definition) is 0. The molecule has 0 spiro atoms. The summed E-state index contributed by atoms with van der Waals surface area (Å²) in [5.41, 5.74) is 2.02. The fraction of sp³-hybridized carbons (Fsp3) is 0.286. The van der Waals surface area contributed by atoms with Crippen molar-refractivity contribution in [3.8, 4) is 6.01 Å². The molecule has 1 heterocycles. The van der Waals surface area contributed by atoms with Gasteiger partial charge in [-0.2, -0.15) is 0 Å². The van der Waals surface area contributed by atoms with Gasteiger partial charge in [0, 0.05) is 11.8 Å². The Hall–Kier alpha value is -2.17. The first-order valence-electron chi connectivity index (χ1n) is 5.89. The molecule has 0 aliphatic rings. The second-order valence-corrected chi connectivity index (χ2v) is 4.38. The van der Waals surface area contributed by atoms with Crippen LogP contribution < -0.4 is 10.3 Å². The van der Waals surface area contributed by atoms with Crippen molar-refractivity contribution >= 4 is 0 Å². The highest BCUT2D eigenvalue weighted by Crippen LogP contribution is 2.14. The number of ether oxygens (including phenoxy) is 1. The van der Waals surface area contributed by atoms with E-state index >= 15 is 0 Å². The van der Waals surface area contributed by atoms with Gasteiger partial charge in [0.2, 0.25) is 0 Å². The van der Waals surface area contributed by atoms with Gasteiger partial charge in [0.1, 0.15) is 5.82 Å². The first kappa shape index (κ1) is 13.3. The van der Waals surface area contributed by atoms with Crippen LogP contribution in [-0.2, 0) is 6.54 Å². The van der Waals surface area contributed by atoms with E-state index in [4.69, 9.17) is 4.74 Å². The van der Waals surface area contributed by atoms with E-state index in [1.54, 1.807) is 13.0 Å². The molecule has 0 unspecified atom stereocenters. The second-order valence-electron chi connectivity index (χ2n) is 4.38. The van der Waals surface area contributed by atoms with Crippen LogP contribution >= 0.6 is 0 Å². The van der Waals surface area contributed by atoms with Crippen molar-refractivity contribution in [2.24, 2.45) is 0 Å². The Morgan fingerprint density at radius 2 is 2.05 bits per heavy atom. The van der Waals surface area contributed by atoms with E-state index in [1.807, 2.05) is 6.92 Å². The number of halogens is 1. The van der Waals surface area contributed by atoms with Crippen LogP contribution in [0.15, 0.2) is 29.1 Å². The zero-order chi connectivity index (χ0) is 14.0. The molecule has 0 fully saturated rings.